The molecular formula is C72H118N14O16S4Zr2+8. The Morgan fingerprint density at radius 2 is 0.685 bits per heavy atom. The summed E-state index contributed by atoms with van der Waals surface area (Å²) in [6.07, 6.45) is 15.6. The van der Waals surface area contributed by atoms with Crippen LogP contribution in [-0.2, 0) is 107 Å². The number of ketones is 2. The summed E-state index contributed by atoms with van der Waals surface area (Å²) < 4.78 is 3.14. The molecule has 0 aliphatic rings. The minimum absolute atomic E-state index is 0. The van der Waals surface area contributed by atoms with E-state index in [4.69, 9.17) is 36.7 Å². The van der Waals surface area contributed by atoms with Crippen molar-refractivity contribution in [1.29, 1.82) is 0 Å². The molecule has 108 heavy (non-hydrogen) atoms. The van der Waals surface area contributed by atoms with Crippen molar-refractivity contribution in [2.24, 2.45) is 4.99 Å². The van der Waals surface area contributed by atoms with Gasteiger partial charge in [-0.2, -0.15) is 0 Å². The van der Waals surface area contributed by atoms with E-state index in [2.05, 4.69) is 48.5 Å². The van der Waals surface area contributed by atoms with E-state index in [-0.39, 0.29) is 166 Å². The summed E-state index contributed by atoms with van der Waals surface area (Å²) in [6.45, 7) is 7.77. The molecule has 0 heterocycles. The molecule has 0 unspecified atom stereocenters. The number of thiocarbonyl (C=S) groups is 3. The van der Waals surface area contributed by atoms with Gasteiger partial charge in [0.1, 0.15) is 11.6 Å². The fourth-order valence-electron chi connectivity index (χ4n) is 9.86. The Morgan fingerprint density at radius 1 is 0.389 bits per heavy atom. The standard InChI is InChI=1S/C37H60N6O8S2.C35H58N8O8S2.2Zr/c1-3-33(52)28-30-15-17-31(18-16-30)40-37(53)39-24-10-7-13-27-43(51)36(48)22-20-34(46)38-23-9-6-12-26-42(50)35(47)21-19-32(45)14-8-4-5-11-25-41(49)29(2)44;1-28(44)41(49)24-10-4-3-7-13-31(45)18-20-33(47)42(50)25-11-5-8-22-37-32(46)19-21-34(48)43(51)26-12-6-9-23-38-35(52)39-29-14-16-30(17-15-29)40-53-27-36-2;;/h15-18,49-51H,3-14,19-28H2,1-2H3,(H,38,46)(H2,39,40,53);14-17,27,40,49-51H,3-13,18-26H2,1-2H3,(H,37,46)(H2,38,39,52);;/q;;2*+4/i;;2*1-2. The van der Waals surface area contributed by atoms with Crippen LogP contribution in [-0.4, -0.2) is 214 Å². The maximum Gasteiger partial charge on any atom is 4.00 e. The van der Waals surface area contributed by atoms with E-state index in [9.17, 15) is 79.2 Å². The van der Waals surface area contributed by atoms with Gasteiger partial charge in [-0.3, -0.25) is 84.2 Å². The van der Waals surface area contributed by atoms with E-state index >= 15 is 0 Å². The van der Waals surface area contributed by atoms with Crippen LogP contribution in [0.3, 0.4) is 0 Å². The van der Waals surface area contributed by atoms with Gasteiger partial charge in [0.15, 0.2) is 10.2 Å². The first-order valence-electron chi connectivity index (χ1n) is 36.8. The number of hydrogen-bond acceptors (Lipinski definition) is 22. The number of amides is 8. The number of nitrogens with one attached hydrogen (secondary N) is 7. The maximum atomic E-state index is 12.2. The molecule has 2 rings (SSSR count). The van der Waals surface area contributed by atoms with E-state index < -0.39 is 35.4 Å². The van der Waals surface area contributed by atoms with Gasteiger partial charge < -0.3 is 36.6 Å². The Kier molecular flexibility index (Phi) is 64.9. The second kappa shape index (κ2) is 67.1. The predicted octanol–water partition coefficient (Wildman–Crippen LogP) is 10.4. The monoisotopic (exact) mass is 1740 g/mol. The molecule has 0 fully saturated rings. The van der Waals surface area contributed by atoms with E-state index in [0.717, 1.165) is 86.1 Å². The average Bonchev–Trinajstić information content (AvgIpc) is 0.907. The molecule has 0 aromatic heterocycles. The number of rotatable bonds is 58. The summed E-state index contributed by atoms with van der Waals surface area (Å²) in [5.74, 6) is -3.59. The van der Waals surface area contributed by atoms with Crippen molar-refractivity contribution in [3.8, 4) is 0 Å². The third-order valence-electron chi connectivity index (χ3n) is 16.3. The molecule has 0 atom stereocenters. The van der Waals surface area contributed by atoms with E-state index in [1.165, 1.54) is 31.4 Å². The Labute approximate surface area is 696 Å². The Balaban J connectivity index is 0. The summed E-state index contributed by atoms with van der Waals surface area (Å²) in [5, 5.41) is 81.6. The van der Waals surface area contributed by atoms with Gasteiger partial charge in [0.05, 0.1) is 5.55 Å². The zero-order valence-electron chi connectivity index (χ0n) is 63.4. The number of anilines is 3. The first-order chi connectivity index (χ1) is 50.7. The Bertz CT molecular complexity index is 2990. The first kappa shape index (κ1) is 104. The predicted molar refractivity (Wildman–Crippen MR) is 420 cm³/mol. The molecule has 0 saturated carbocycles. The second-order valence-corrected chi connectivity index (χ2v) is 27.4. The van der Waals surface area contributed by atoms with Gasteiger partial charge in [0.2, 0.25) is 47.3 Å². The van der Waals surface area contributed by atoms with Crippen LogP contribution >= 0.6 is 48.6 Å². The van der Waals surface area contributed by atoms with Gasteiger partial charge in [-0.25, -0.2) is 30.4 Å². The van der Waals surface area contributed by atoms with Gasteiger partial charge in [-0.15, -0.1) is 0 Å². The zero-order chi connectivity index (χ0) is 78.7. The molecule has 0 saturated heterocycles. The van der Waals surface area contributed by atoms with E-state index in [1.54, 1.807) is 12.6 Å². The molecule has 0 radical (unpaired) electrons. The molecule has 0 spiro atoms. The summed E-state index contributed by atoms with van der Waals surface area (Å²) >= 11 is 17.4. The van der Waals surface area contributed by atoms with E-state index in [1.807, 2.05) is 48.5 Å². The van der Waals surface area contributed by atoms with Crippen LogP contribution in [0.1, 0.15) is 225 Å². The van der Waals surface area contributed by atoms with Crippen molar-refractivity contribution in [2.75, 3.05) is 87.9 Å². The molecule has 8 amide bonds. The minimum Gasteiger partial charge on any atom is -0.362 e. The minimum atomic E-state index is -0.520. The van der Waals surface area contributed by atoms with Gasteiger partial charge in [0, 0.05) is 174 Å². The van der Waals surface area contributed by atoms with E-state index in [0.29, 0.717) is 157 Å². The molecule has 0 aliphatic heterocycles. The fourth-order valence-corrected chi connectivity index (χ4v) is 10.9. The van der Waals surface area contributed by atoms with Crippen LogP contribution in [0.25, 0.3) is 0 Å². The number of benzene rings is 2. The molecule has 2 aromatic carbocycles. The number of aliphatic imine (C=N–C) groups is 1. The topological polar surface area (TPSA) is 408 Å². The fraction of sp³-hybridized carbons (Fsp3) is 0.639. The quantitative estimate of drug-likeness (QED) is 0.00556. The number of carbonyl (C=O) groups excluding carboxylic acids is 10. The Morgan fingerprint density at radius 3 is 1.02 bits per heavy atom. The molecule has 596 valence electrons. The maximum absolute atomic E-state index is 12.2. The molecule has 30 nitrogen and oxygen atoms in total. The number of hydroxylamine groups is 12. The van der Waals surface area contributed by atoms with Crippen LogP contribution in [0.2, 0.25) is 0 Å². The van der Waals surface area contributed by atoms with Gasteiger partial charge >= 0.3 is 52.4 Å². The SMILES string of the molecule is CCC(=S)Cc1ccc(NC(=S)NCCCCCN(O)C(=O)CCC(=O)NCCCCCN(O)C(=O)CCC(=O)CCCCCCN(O)C(C)=O)cc1.CN=CSNc1ccc(NC(=S)NCCCCCN(O)C(=O)CCC(=O)NCCCCCN(O)C(=O)CCC(=O)CCCCCCN(O)C(C)=O)cc1.[89Zr+4].[89Zr+4]. The van der Waals surface area contributed by atoms with Crippen molar-refractivity contribution in [3.05, 3.63) is 54.1 Å². The largest absolute Gasteiger partial charge is 4.00 e. The van der Waals surface area contributed by atoms with Crippen molar-refractivity contribution in [3.63, 3.8) is 0 Å². The summed E-state index contributed by atoms with van der Waals surface area (Å²) in [7, 11) is 1.71. The van der Waals surface area contributed by atoms with Gasteiger partial charge in [0.25, 0.3) is 0 Å². The van der Waals surface area contributed by atoms with Crippen molar-refractivity contribution >= 4 is 145 Å². The number of hydrogen-bond donors (Lipinski definition) is 13. The third-order valence-corrected chi connectivity index (χ3v) is 17.9. The molecule has 0 bridgehead atoms. The van der Waals surface area contributed by atoms with Crippen LogP contribution in [0, 0.1) is 0 Å². The number of carbonyl (C=O) groups is 10. The van der Waals surface area contributed by atoms with Crippen molar-refractivity contribution in [2.45, 2.75) is 226 Å². The van der Waals surface area contributed by atoms with Crippen molar-refractivity contribution in [1.82, 2.24) is 51.6 Å². The van der Waals surface area contributed by atoms with Gasteiger partial charge in [-0.1, -0.05) is 57.0 Å². The smallest absolute Gasteiger partial charge is 0.362 e. The second-order valence-electron chi connectivity index (χ2n) is 25.4. The average molecular weight is 1740 g/mol. The van der Waals surface area contributed by atoms with Crippen molar-refractivity contribution < 1.29 is 132 Å². The third kappa shape index (κ3) is 57.4. The van der Waals surface area contributed by atoms with Gasteiger partial charge in [-0.05, 0) is 192 Å². The summed E-state index contributed by atoms with van der Waals surface area (Å²) in [5.41, 5.74) is 5.56. The molecule has 13 N–H and O–H groups in total. The first-order valence-corrected chi connectivity index (χ1v) is 39.0. The normalized spacial score (nSPS) is 10.5. The Hall–Kier alpha value is -5.64. The van der Waals surface area contributed by atoms with Crippen LogP contribution in [0.5, 0.6) is 0 Å². The zero-order valence-corrected chi connectivity index (χ0v) is 71.6. The summed E-state index contributed by atoms with van der Waals surface area (Å²) in [4.78, 5) is 124. The van der Waals surface area contributed by atoms with Crippen LogP contribution in [0.4, 0.5) is 17.1 Å². The number of Topliss-reactive ketones (excluding diaryl/α,β-unsaturated/α-hetero) is 2. The van der Waals surface area contributed by atoms with Crippen LogP contribution < -0.4 is 36.6 Å². The molecule has 36 heteroatoms. The number of unbranched alkanes of at least 4 members (excludes halogenated alkanes) is 14. The summed E-state index contributed by atoms with van der Waals surface area (Å²) in [6, 6.07) is 15.7. The molecule has 0 aliphatic carbocycles. The molecule has 2 aromatic rings. The molecular weight excluding hydrogens is 1620 g/mol. The van der Waals surface area contributed by atoms with Crippen LogP contribution in [0.15, 0.2) is 53.5 Å². The number of nitrogens with zero attached hydrogens (tertiary/aromatic N) is 7.